The lowest BCUT2D eigenvalue weighted by Gasteiger charge is -2.40. The zero-order chi connectivity index (χ0) is 24.6. The van der Waals surface area contributed by atoms with Crippen LogP contribution in [0, 0.1) is 0 Å². The molecule has 1 heterocycles. The molecule has 0 aliphatic carbocycles. The Morgan fingerprint density at radius 2 is 1.54 bits per heavy atom. The Bertz CT molecular complexity index is 1110. The minimum Gasteiger partial charge on any atom is -0.460 e. The van der Waals surface area contributed by atoms with Crippen molar-refractivity contribution in [3.8, 4) is 0 Å². The fourth-order valence-electron chi connectivity index (χ4n) is 4.21. The third kappa shape index (κ3) is 6.34. The summed E-state index contributed by atoms with van der Waals surface area (Å²) in [5.74, 6) is -0.257. The fraction of sp³-hybridized carbons (Fsp3) is 0.259. The number of carbonyl (C=O) groups is 1. The van der Waals surface area contributed by atoms with Crippen molar-refractivity contribution in [2.45, 2.75) is 13.0 Å². The molecule has 0 amide bonds. The predicted molar refractivity (Wildman–Crippen MR) is 142 cm³/mol. The summed E-state index contributed by atoms with van der Waals surface area (Å²) in [6.45, 7) is 4.80. The molecule has 3 aromatic rings. The van der Waals surface area contributed by atoms with E-state index in [1.54, 1.807) is 25.1 Å². The summed E-state index contributed by atoms with van der Waals surface area (Å²) in [7, 11) is 0. The molecule has 1 saturated heterocycles. The maximum atomic E-state index is 12.8. The largest absolute Gasteiger partial charge is 0.460 e. The Hall–Kier alpha value is -3.06. The Kier molecular flexibility index (Phi) is 8.64. The molecule has 0 radical (unpaired) electrons. The van der Waals surface area contributed by atoms with E-state index in [9.17, 15) is 4.79 Å². The van der Waals surface area contributed by atoms with Gasteiger partial charge in [-0.1, -0.05) is 83.9 Å². The molecule has 1 fully saturated rings. The van der Waals surface area contributed by atoms with Gasteiger partial charge in [-0.05, 0) is 36.2 Å². The van der Waals surface area contributed by atoms with Crippen LogP contribution < -0.4 is 5.43 Å². The number of rotatable bonds is 6. The average molecular weight is 511 g/mol. The number of nitrogens with one attached hydrogen (secondary N) is 1. The summed E-state index contributed by atoms with van der Waals surface area (Å²) in [6.07, 6.45) is 0. The van der Waals surface area contributed by atoms with E-state index in [0.29, 0.717) is 28.8 Å². The first-order chi connectivity index (χ1) is 17.1. The Morgan fingerprint density at radius 3 is 2.11 bits per heavy atom. The first kappa shape index (κ1) is 25.0. The quantitative estimate of drug-likeness (QED) is 0.200. The van der Waals surface area contributed by atoms with Gasteiger partial charge in [0.2, 0.25) is 5.84 Å². The number of nitrogens with zero attached hydrogens (tertiary/aromatic N) is 3. The number of carbonyl (C=O) groups excluding carboxylic acids is 1. The smallest absolute Gasteiger partial charge is 0.375 e. The van der Waals surface area contributed by atoms with Gasteiger partial charge in [-0.2, -0.15) is 0 Å². The van der Waals surface area contributed by atoms with Gasteiger partial charge < -0.3 is 9.64 Å². The molecule has 0 unspecified atom stereocenters. The van der Waals surface area contributed by atoms with Gasteiger partial charge in [-0.25, -0.2) is 4.79 Å². The van der Waals surface area contributed by atoms with Gasteiger partial charge in [0.15, 0.2) is 0 Å². The van der Waals surface area contributed by atoms with Gasteiger partial charge in [0.05, 0.1) is 23.4 Å². The highest BCUT2D eigenvalue weighted by Gasteiger charge is 2.30. The zero-order valence-electron chi connectivity index (χ0n) is 19.5. The molecule has 1 aliphatic rings. The van der Waals surface area contributed by atoms with E-state index in [1.165, 1.54) is 11.1 Å². The monoisotopic (exact) mass is 510 g/mol. The zero-order valence-corrected chi connectivity index (χ0v) is 21.0. The number of piperazine rings is 1. The van der Waals surface area contributed by atoms with Crippen LogP contribution in [0.1, 0.15) is 24.1 Å². The standard InChI is InChI=1S/C27H28Cl2N4O2/c1-2-35-27(34)26(31-30-24-19-22(28)13-14-23(24)29)33-17-15-32(16-18-33)25(20-9-5-3-6-10-20)21-11-7-4-8-12-21/h3-14,19,25,30H,2,15-18H2,1H3. The van der Waals surface area contributed by atoms with Crippen LogP contribution in [0.25, 0.3) is 0 Å². The van der Waals surface area contributed by atoms with Gasteiger partial charge in [0.1, 0.15) is 0 Å². The molecule has 6 nitrogen and oxygen atoms in total. The summed E-state index contributed by atoms with van der Waals surface area (Å²) < 4.78 is 5.29. The summed E-state index contributed by atoms with van der Waals surface area (Å²) >= 11 is 12.3. The minimum atomic E-state index is -0.478. The van der Waals surface area contributed by atoms with Crippen molar-refractivity contribution >= 4 is 40.7 Å². The number of anilines is 1. The van der Waals surface area contributed by atoms with E-state index in [1.807, 2.05) is 17.0 Å². The molecular formula is C27H28Cl2N4O2. The van der Waals surface area contributed by atoms with Gasteiger partial charge >= 0.3 is 5.97 Å². The van der Waals surface area contributed by atoms with Crippen LogP contribution in [0.2, 0.25) is 10.0 Å². The van der Waals surface area contributed by atoms with Crippen molar-refractivity contribution in [2.75, 3.05) is 38.2 Å². The highest BCUT2D eigenvalue weighted by molar-refractivity contribution is 6.36. The topological polar surface area (TPSA) is 57.2 Å². The third-order valence-electron chi connectivity index (χ3n) is 5.88. The average Bonchev–Trinajstić information content (AvgIpc) is 2.89. The second kappa shape index (κ2) is 12.1. The second-order valence-electron chi connectivity index (χ2n) is 8.14. The number of amidine groups is 1. The first-order valence-electron chi connectivity index (χ1n) is 11.6. The van der Waals surface area contributed by atoms with Gasteiger partial charge in [-0.15, -0.1) is 5.10 Å². The van der Waals surface area contributed by atoms with Crippen molar-refractivity contribution < 1.29 is 9.53 Å². The van der Waals surface area contributed by atoms with Crippen molar-refractivity contribution in [3.63, 3.8) is 0 Å². The van der Waals surface area contributed by atoms with E-state index in [-0.39, 0.29) is 18.5 Å². The van der Waals surface area contributed by atoms with Crippen LogP contribution >= 0.6 is 23.2 Å². The summed E-state index contributed by atoms with van der Waals surface area (Å²) in [6, 6.07) is 26.2. The van der Waals surface area contributed by atoms with Crippen LogP contribution in [-0.2, 0) is 9.53 Å². The minimum absolute atomic E-state index is 0.130. The number of benzene rings is 3. The van der Waals surface area contributed by atoms with Gasteiger partial charge in [-0.3, -0.25) is 10.3 Å². The van der Waals surface area contributed by atoms with Crippen molar-refractivity contribution in [2.24, 2.45) is 5.10 Å². The normalized spacial score (nSPS) is 14.7. The molecule has 8 heteroatoms. The lowest BCUT2D eigenvalue weighted by Crippen LogP contribution is -2.52. The number of esters is 1. The van der Waals surface area contributed by atoms with Crippen molar-refractivity contribution in [1.82, 2.24) is 9.80 Å². The van der Waals surface area contributed by atoms with E-state index >= 15 is 0 Å². The van der Waals surface area contributed by atoms with Crippen LogP contribution in [0.5, 0.6) is 0 Å². The molecule has 3 aromatic carbocycles. The number of hydrogen-bond acceptors (Lipinski definition) is 5. The Labute approximate surface area is 216 Å². The second-order valence-corrected chi connectivity index (χ2v) is 8.98. The van der Waals surface area contributed by atoms with Gasteiger partial charge in [0.25, 0.3) is 0 Å². The van der Waals surface area contributed by atoms with E-state index < -0.39 is 5.97 Å². The highest BCUT2D eigenvalue weighted by Crippen LogP contribution is 2.30. The molecular weight excluding hydrogens is 483 g/mol. The molecule has 4 rings (SSSR count). The SMILES string of the molecule is CCOC(=O)C(=NNc1cc(Cl)ccc1Cl)N1CCN(C(c2ccccc2)c2ccccc2)CC1. The number of halogens is 2. The molecule has 1 N–H and O–H groups in total. The summed E-state index contributed by atoms with van der Waals surface area (Å²) in [4.78, 5) is 17.2. The van der Waals surface area contributed by atoms with Crippen molar-refractivity contribution in [3.05, 3.63) is 100 Å². The maximum Gasteiger partial charge on any atom is 0.375 e. The Morgan fingerprint density at radius 1 is 0.943 bits per heavy atom. The van der Waals surface area contributed by atoms with Crippen LogP contribution in [0.4, 0.5) is 5.69 Å². The van der Waals surface area contributed by atoms with Crippen LogP contribution in [0.3, 0.4) is 0 Å². The molecule has 0 aromatic heterocycles. The molecule has 0 saturated carbocycles. The van der Waals surface area contributed by atoms with Crippen molar-refractivity contribution in [1.29, 1.82) is 0 Å². The van der Waals surface area contributed by atoms with E-state index in [4.69, 9.17) is 27.9 Å². The third-order valence-corrected chi connectivity index (χ3v) is 6.44. The number of hydrogen-bond donors (Lipinski definition) is 1. The number of hydrazone groups is 1. The Balaban J connectivity index is 1.53. The van der Waals surface area contributed by atoms with E-state index in [2.05, 4.69) is 64.0 Å². The van der Waals surface area contributed by atoms with Crippen LogP contribution in [-0.4, -0.2) is 54.4 Å². The molecule has 0 spiro atoms. The lowest BCUT2D eigenvalue weighted by atomic mass is 9.96. The molecule has 35 heavy (non-hydrogen) atoms. The molecule has 182 valence electrons. The molecule has 0 bridgehead atoms. The maximum absolute atomic E-state index is 12.8. The van der Waals surface area contributed by atoms with Gasteiger partial charge in [0, 0.05) is 31.2 Å². The highest BCUT2D eigenvalue weighted by atomic mass is 35.5. The predicted octanol–water partition coefficient (Wildman–Crippen LogP) is 5.69. The molecule has 1 aliphatic heterocycles. The molecule has 0 atom stereocenters. The van der Waals surface area contributed by atoms with Crippen LogP contribution in [0.15, 0.2) is 84.0 Å². The first-order valence-corrected chi connectivity index (χ1v) is 12.4. The fourth-order valence-corrected chi connectivity index (χ4v) is 4.55. The van der Waals surface area contributed by atoms with E-state index in [0.717, 1.165) is 13.1 Å². The number of ether oxygens (including phenoxy) is 1. The lowest BCUT2D eigenvalue weighted by molar-refractivity contribution is -0.136. The summed E-state index contributed by atoms with van der Waals surface area (Å²) in [5.41, 5.74) is 5.89. The summed E-state index contributed by atoms with van der Waals surface area (Å²) in [5, 5.41) is 5.36.